The molecule has 0 fully saturated rings. The Bertz CT molecular complexity index is 947. The van der Waals surface area contributed by atoms with Crippen LogP contribution in [0.1, 0.15) is 6.92 Å². The normalized spacial score (nSPS) is 14.1. The molecule has 2 aromatic heterocycles. The third kappa shape index (κ3) is 1.84. The van der Waals surface area contributed by atoms with Crippen molar-refractivity contribution < 1.29 is 9.90 Å². The minimum Gasteiger partial charge on any atom is -0.480 e. The fraction of sp³-hybridized carbons (Fsp3) is 0.417. The molecule has 10 nitrogen and oxygen atoms in total. The van der Waals surface area contributed by atoms with Crippen molar-refractivity contribution in [1.82, 2.24) is 18.7 Å². The van der Waals surface area contributed by atoms with Crippen molar-refractivity contribution in [3.05, 3.63) is 20.8 Å². The van der Waals surface area contributed by atoms with Crippen LogP contribution >= 0.6 is 0 Å². The smallest absolute Gasteiger partial charge is 0.332 e. The maximum Gasteiger partial charge on any atom is 0.332 e. The Morgan fingerprint density at radius 2 is 1.95 bits per heavy atom. The highest BCUT2D eigenvalue weighted by molar-refractivity contribution is 5.88. The molecule has 3 heterocycles. The summed E-state index contributed by atoms with van der Waals surface area (Å²) in [6.45, 7) is 1.67. The number of rotatable bonds is 2. The van der Waals surface area contributed by atoms with E-state index in [2.05, 4.69) is 10.1 Å². The lowest BCUT2D eigenvalue weighted by Crippen LogP contribution is -2.38. The van der Waals surface area contributed by atoms with Crippen LogP contribution in [0.2, 0.25) is 0 Å². The number of hydrazone groups is 1. The minimum atomic E-state index is -1.07. The van der Waals surface area contributed by atoms with Gasteiger partial charge in [0, 0.05) is 14.1 Å². The monoisotopic (exact) mass is 306 g/mol. The first-order valence-corrected chi connectivity index (χ1v) is 6.51. The van der Waals surface area contributed by atoms with E-state index < -0.39 is 17.2 Å². The molecular formula is C12H14N6O4. The van der Waals surface area contributed by atoms with E-state index in [1.807, 2.05) is 0 Å². The van der Waals surface area contributed by atoms with Crippen LogP contribution in [0, 0.1) is 0 Å². The predicted octanol–water partition coefficient (Wildman–Crippen LogP) is -1.29. The highest BCUT2D eigenvalue weighted by Gasteiger charge is 2.27. The van der Waals surface area contributed by atoms with E-state index in [4.69, 9.17) is 5.11 Å². The molecule has 0 atom stereocenters. The van der Waals surface area contributed by atoms with Gasteiger partial charge in [0.1, 0.15) is 6.54 Å². The van der Waals surface area contributed by atoms with Gasteiger partial charge < -0.3 is 5.11 Å². The zero-order valence-electron chi connectivity index (χ0n) is 12.3. The van der Waals surface area contributed by atoms with Gasteiger partial charge in [-0.1, -0.05) is 0 Å². The molecule has 0 spiro atoms. The molecule has 22 heavy (non-hydrogen) atoms. The van der Waals surface area contributed by atoms with Crippen molar-refractivity contribution in [3.8, 4) is 0 Å². The molecule has 0 saturated heterocycles. The zero-order valence-corrected chi connectivity index (χ0v) is 12.3. The molecular weight excluding hydrogens is 292 g/mol. The quantitative estimate of drug-likeness (QED) is 0.738. The number of nitrogens with zero attached hydrogens (tertiary/aromatic N) is 6. The minimum absolute atomic E-state index is 0.211. The average Bonchev–Trinajstić information content (AvgIpc) is 2.81. The highest BCUT2D eigenvalue weighted by Crippen LogP contribution is 2.23. The average molecular weight is 306 g/mol. The maximum absolute atomic E-state index is 12.4. The third-order valence-electron chi connectivity index (χ3n) is 3.52. The van der Waals surface area contributed by atoms with Crippen molar-refractivity contribution in [2.75, 3.05) is 11.6 Å². The lowest BCUT2D eigenvalue weighted by atomic mass is 10.4. The van der Waals surface area contributed by atoms with Crippen LogP contribution in [0.25, 0.3) is 11.2 Å². The summed E-state index contributed by atoms with van der Waals surface area (Å²) in [6.07, 6.45) is 0. The van der Waals surface area contributed by atoms with Crippen LogP contribution in [-0.2, 0) is 25.4 Å². The second-order valence-corrected chi connectivity index (χ2v) is 5.16. The number of carbonyl (C=O) groups is 1. The Morgan fingerprint density at radius 3 is 2.59 bits per heavy atom. The van der Waals surface area contributed by atoms with E-state index >= 15 is 0 Å². The summed E-state index contributed by atoms with van der Waals surface area (Å²) < 4.78 is 3.85. The Morgan fingerprint density at radius 1 is 1.27 bits per heavy atom. The highest BCUT2D eigenvalue weighted by atomic mass is 16.4. The molecule has 10 heteroatoms. The predicted molar refractivity (Wildman–Crippen MR) is 78.3 cm³/mol. The molecule has 0 aromatic carbocycles. The van der Waals surface area contributed by atoms with Crippen molar-refractivity contribution in [1.29, 1.82) is 0 Å². The van der Waals surface area contributed by atoms with Crippen LogP contribution in [0.15, 0.2) is 14.7 Å². The van der Waals surface area contributed by atoms with Crippen LogP contribution in [0.5, 0.6) is 0 Å². The summed E-state index contributed by atoms with van der Waals surface area (Å²) in [5.74, 6) is -0.833. The molecule has 0 aliphatic carbocycles. The second-order valence-electron chi connectivity index (χ2n) is 5.16. The Kier molecular flexibility index (Phi) is 2.90. The molecule has 2 aromatic rings. The van der Waals surface area contributed by atoms with Gasteiger partial charge in [0.05, 0.1) is 12.3 Å². The lowest BCUT2D eigenvalue weighted by molar-refractivity contribution is -0.135. The van der Waals surface area contributed by atoms with E-state index in [0.717, 1.165) is 4.57 Å². The van der Waals surface area contributed by atoms with Gasteiger partial charge in [-0.15, -0.1) is 0 Å². The number of hydrogen-bond donors (Lipinski definition) is 1. The first kappa shape index (κ1) is 14.0. The fourth-order valence-corrected chi connectivity index (χ4v) is 2.53. The van der Waals surface area contributed by atoms with Crippen LogP contribution in [0.4, 0.5) is 5.95 Å². The van der Waals surface area contributed by atoms with E-state index in [-0.39, 0.29) is 23.7 Å². The van der Waals surface area contributed by atoms with Crippen molar-refractivity contribution >= 4 is 28.8 Å². The molecule has 3 rings (SSSR count). The van der Waals surface area contributed by atoms with E-state index in [1.54, 1.807) is 11.5 Å². The summed E-state index contributed by atoms with van der Waals surface area (Å²) >= 11 is 0. The number of anilines is 1. The zero-order chi connectivity index (χ0) is 16.2. The van der Waals surface area contributed by atoms with Gasteiger partial charge in [-0.25, -0.2) is 9.80 Å². The molecule has 0 bridgehead atoms. The first-order valence-electron chi connectivity index (χ1n) is 6.51. The summed E-state index contributed by atoms with van der Waals surface area (Å²) in [6, 6.07) is 0. The Labute approximate surface area is 123 Å². The fourth-order valence-electron chi connectivity index (χ4n) is 2.53. The van der Waals surface area contributed by atoms with Crippen molar-refractivity contribution in [2.24, 2.45) is 19.2 Å². The van der Waals surface area contributed by atoms with Gasteiger partial charge in [0.2, 0.25) is 5.95 Å². The summed E-state index contributed by atoms with van der Waals surface area (Å²) in [7, 11) is 2.90. The van der Waals surface area contributed by atoms with Gasteiger partial charge in [-0.3, -0.25) is 23.3 Å². The molecule has 1 N–H and O–H groups in total. The topological polar surface area (TPSA) is 115 Å². The van der Waals surface area contributed by atoms with Crippen LogP contribution in [0.3, 0.4) is 0 Å². The summed E-state index contributed by atoms with van der Waals surface area (Å²) in [4.78, 5) is 39.6. The molecule has 116 valence electrons. The summed E-state index contributed by atoms with van der Waals surface area (Å²) in [5, 5.41) is 14.3. The van der Waals surface area contributed by atoms with E-state index in [9.17, 15) is 14.4 Å². The Hall–Kier alpha value is -2.91. The number of hydrogen-bond acceptors (Lipinski definition) is 6. The van der Waals surface area contributed by atoms with E-state index in [1.165, 1.54) is 23.7 Å². The Balaban J connectivity index is 2.37. The second kappa shape index (κ2) is 4.55. The maximum atomic E-state index is 12.4. The molecule has 0 radical (unpaired) electrons. The molecule has 1 aliphatic heterocycles. The number of fused-ring (bicyclic) bond motifs is 3. The summed E-state index contributed by atoms with van der Waals surface area (Å²) in [5.41, 5.74) is 0.147. The first-order chi connectivity index (χ1) is 10.3. The van der Waals surface area contributed by atoms with Crippen LogP contribution in [-0.4, -0.2) is 42.0 Å². The SMILES string of the molecule is CC1=NN(CC(=O)O)c2nc3c(c(=O)n(C)c(=O)n3C)n2C1. The molecule has 0 unspecified atom stereocenters. The number of carboxylic acid groups (broad SMARTS) is 1. The lowest BCUT2D eigenvalue weighted by Gasteiger charge is -2.23. The van der Waals surface area contributed by atoms with Gasteiger partial charge in [0.25, 0.3) is 5.56 Å². The standard InChI is InChI=1S/C12H14N6O4/c1-6-4-17-8-9(15(2)12(22)16(3)10(8)21)13-11(17)18(14-6)5-7(19)20/h4-5H2,1-3H3,(H,19,20). The number of aromatic nitrogens is 4. The van der Waals surface area contributed by atoms with Gasteiger partial charge in [-0.05, 0) is 6.92 Å². The van der Waals surface area contributed by atoms with E-state index in [0.29, 0.717) is 12.3 Å². The number of imidazole rings is 1. The van der Waals surface area contributed by atoms with Gasteiger partial charge >= 0.3 is 11.7 Å². The number of carboxylic acids is 1. The molecule has 0 saturated carbocycles. The largest absolute Gasteiger partial charge is 0.480 e. The third-order valence-corrected chi connectivity index (χ3v) is 3.52. The number of aliphatic carboxylic acids is 1. The van der Waals surface area contributed by atoms with Crippen LogP contribution < -0.4 is 16.3 Å². The van der Waals surface area contributed by atoms with Crippen molar-refractivity contribution in [3.63, 3.8) is 0 Å². The number of aryl methyl sites for hydroxylation is 1. The molecule has 0 amide bonds. The van der Waals surface area contributed by atoms with Crippen molar-refractivity contribution in [2.45, 2.75) is 13.5 Å². The van der Waals surface area contributed by atoms with Gasteiger partial charge in [0.15, 0.2) is 11.2 Å². The molecule has 1 aliphatic rings. The van der Waals surface area contributed by atoms with Gasteiger partial charge in [-0.2, -0.15) is 10.1 Å².